The van der Waals surface area contributed by atoms with Crippen LogP contribution in [0, 0.1) is 5.41 Å². The molecule has 0 N–H and O–H groups in total. The molecule has 2 heteroatoms. The Bertz CT molecular complexity index is 478. The van der Waals surface area contributed by atoms with Crippen LogP contribution in [0.2, 0.25) is 6.82 Å². The lowest BCUT2D eigenvalue weighted by molar-refractivity contribution is -0.135. The average Bonchev–Trinajstić information content (AvgIpc) is 2.55. The number of hydrogen-bond acceptors (Lipinski definition) is 1. The highest BCUT2D eigenvalue weighted by atomic mass is 16.1. The maximum absolute atomic E-state index is 12.3. The van der Waals surface area contributed by atoms with Gasteiger partial charge in [-0.15, -0.1) is 0 Å². The summed E-state index contributed by atoms with van der Waals surface area (Å²) in [6.07, 6.45) is 7.66. The molecule has 4 rings (SSSR count). The lowest BCUT2D eigenvalue weighted by atomic mass is 9.50. The number of ketones is 1. The maximum Gasteiger partial charge on any atom is 0.148 e. The van der Waals surface area contributed by atoms with E-state index in [2.05, 4.69) is 38.4 Å². The first-order valence-corrected chi connectivity index (χ1v) is 8.07. The molecule has 3 saturated carbocycles. The monoisotopic (exact) mass is 267 g/mol. The lowest BCUT2D eigenvalue weighted by Gasteiger charge is -2.53. The third kappa shape index (κ3) is 2.04. The van der Waals surface area contributed by atoms with Crippen molar-refractivity contribution < 1.29 is 4.79 Å². The summed E-state index contributed by atoms with van der Waals surface area (Å²) < 4.78 is 0. The second-order valence-corrected chi connectivity index (χ2v) is 6.75. The van der Waals surface area contributed by atoms with E-state index >= 15 is 0 Å². The molecule has 3 aliphatic carbocycles. The minimum atomic E-state index is 0.0492. The quantitative estimate of drug-likeness (QED) is 0.761. The molecule has 0 atom stereocenters. The summed E-state index contributed by atoms with van der Waals surface area (Å²) >= 11 is 0. The largest absolute Gasteiger partial charge is 0.299 e. The molecule has 20 heavy (non-hydrogen) atoms. The molecular formula is C18H24BO. The van der Waals surface area contributed by atoms with Gasteiger partial charge in [-0.25, -0.2) is 0 Å². The minimum Gasteiger partial charge on any atom is -0.299 e. The Morgan fingerprint density at radius 2 is 1.60 bits per heavy atom. The Kier molecular flexibility index (Phi) is 3.52. The van der Waals surface area contributed by atoms with Crippen LogP contribution < -0.4 is 5.46 Å². The van der Waals surface area contributed by atoms with E-state index in [0.717, 1.165) is 19.3 Å². The molecule has 0 amide bonds. The van der Waals surface area contributed by atoms with Crippen LogP contribution in [0.15, 0.2) is 24.3 Å². The van der Waals surface area contributed by atoms with Crippen molar-refractivity contribution in [2.75, 3.05) is 0 Å². The van der Waals surface area contributed by atoms with Crippen LogP contribution in [0.5, 0.6) is 0 Å². The van der Waals surface area contributed by atoms with Crippen LogP contribution in [-0.4, -0.2) is 13.1 Å². The summed E-state index contributed by atoms with van der Waals surface area (Å²) in [4.78, 5) is 12.3. The maximum atomic E-state index is 12.3. The molecule has 0 spiro atoms. The molecule has 3 fully saturated rings. The van der Waals surface area contributed by atoms with Gasteiger partial charge in [-0.3, -0.25) is 4.79 Å². The van der Waals surface area contributed by atoms with Gasteiger partial charge in [0.15, 0.2) is 0 Å². The van der Waals surface area contributed by atoms with Gasteiger partial charge >= 0.3 is 0 Å². The summed E-state index contributed by atoms with van der Waals surface area (Å²) in [7, 11) is 2.15. The molecule has 0 saturated heterocycles. The van der Waals surface area contributed by atoms with Crippen molar-refractivity contribution in [1.29, 1.82) is 0 Å². The standard InChI is InChI=1S/C18H24BO/c1-3-16(20)18-11-8-17(9-12-18,10-13-18)14-4-6-15(19-2)7-5-14/h4-7H,3,8-13H2,1-2H3. The van der Waals surface area contributed by atoms with Crippen molar-refractivity contribution in [2.24, 2.45) is 5.41 Å². The fourth-order valence-electron chi connectivity index (χ4n) is 4.44. The smallest absolute Gasteiger partial charge is 0.148 e. The number of hydrogen-bond donors (Lipinski definition) is 0. The second-order valence-electron chi connectivity index (χ2n) is 6.75. The number of rotatable bonds is 4. The van der Waals surface area contributed by atoms with E-state index in [1.54, 1.807) is 0 Å². The van der Waals surface area contributed by atoms with Crippen LogP contribution in [0.3, 0.4) is 0 Å². The van der Waals surface area contributed by atoms with Gasteiger partial charge in [-0.1, -0.05) is 43.5 Å². The third-order valence-electron chi connectivity index (χ3n) is 6.02. The van der Waals surface area contributed by atoms with Crippen LogP contribution >= 0.6 is 0 Å². The van der Waals surface area contributed by atoms with Crippen LogP contribution in [0.4, 0.5) is 0 Å². The fraction of sp³-hybridized carbons (Fsp3) is 0.611. The molecule has 0 heterocycles. The van der Waals surface area contributed by atoms with Gasteiger partial charge in [0.05, 0.1) is 0 Å². The van der Waals surface area contributed by atoms with Gasteiger partial charge in [-0.2, -0.15) is 0 Å². The number of Topliss-reactive ketones (excluding diaryl/α,β-unsaturated/α-hetero) is 1. The Morgan fingerprint density at radius 1 is 1.05 bits per heavy atom. The predicted octanol–water partition coefficient (Wildman–Crippen LogP) is 3.64. The SMILES string of the molecule is C[B]c1ccc(C23CCC(C(=O)CC)(CC2)CC3)cc1. The number of fused-ring (bicyclic) bond motifs is 3. The van der Waals surface area contributed by atoms with Gasteiger partial charge in [-0.05, 0) is 49.5 Å². The third-order valence-corrected chi connectivity index (χ3v) is 6.02. The van der Waals surface area contributed by atoms with Gasteiger partial charge in [0.25, 0.3) is 0 Å². The summed E-state index contributed by atoms with van der Waals surface area (Å²) in [6.45, 7) is 4.10. The molecule has 0 aromatic heterocycles. The molecular weight excluding hydrogens is 243 g/mol. The number of benzene rings is 1. The summed E-state index contributed by atoms with van der Waals surface area (Å²) in [5.41, 5.74) is 3.21. The topological polar surface area (TPSA) is 17.1 Å². The highest BCUT2D eigenvalue weighted by Gasteiger charge is 2.51. The zero-order chi connectivity index (χ0) is 14.2. The van der Waals surface area contributed by atoms with E-state index in [4.69, 9.17) is 0 Å². The predicted molar refractivity (Wildman–Crippen MR) is 84.8 cm³/mol. The summed E-state index contributed by atoms with van der Waals surface area (Å²) in [6, 6.07) is 9.10. The van der Waals surface area contributed by atoms with E-state index in [-0.39, 0.29) is 5.41 Å². The van der Waals surface area contributed by atoms with Crippen molar-refractivity contribution in [3.63, 3.8) is 0 Å². The van der Waals surface area contributed by atoms with Gasteiger partial charge < -0.3 is 0 Å². The molecule has 1 nitrogen and oxygen atoms in total. The molecule has 1 radical (unpaired) electrons. The summed E-state index contributed by atoms with van der Waals surface area (Å²) in [5, 5.41) is 0. The summed E-state index contributed by atoms with van der Waals surface area (Å²) in [5.74, 6) is 0.515. The van der Waals surface area contributed by atoms with E-state index in [9.17, 15) is 4.79 Å². The molecule has 105 valence electrons. The van der Waals surface area contributed by atoms with Crippen LogP contribution in [-0.2, 0) is 10.2 Å². The number of carbonyl (C=O) groups is 1. The van der Waals surface area contributed by atoms with Crippen molar-refractivity contribution in [2.45, 2.75) is 64.1 Å². The Morgan fingerprint density at radius 3 is 2.05 bits per heavy atom. The highest BCUT2D eigenvalue weighted by molar-refractivity contribution is 6.51. The first-order valence-electron chi connectivity index (χ1n) is 8.07. The van der Waals surface area contributed by atoms with Gasteiger partial charge in [0, 0.05) is 11.8 Å². The highest BCUT2D eigenvalue weighted by Crippen LogP contribution is 2.58. The minimum absolute atomic E-state index is 0.0492. The van der Waals surface area contributed by atoms with Crippen molar-refractivity contribution in [3.05, 3.63) is 29.8 Å². The zero-order valence-corrected chi connectivity index (χ0v) is 12.7. The fourth-order valence-corrected chi connectivity index (χ4v) is 4.44. The van der Waals surface area contributed by atoms with E-state index in [1.165, 1.54) is 30.3 Å². The first-order chi connectivity index (χ1) is 9.64. The normalized spacial score (nSPS) is 32.1. The Balaban J connectivity index is 1.82. The van der Waals surface area contributed by atoms with Crippen molar-refractivity contribution in [1.82, 2.24) is 0 Å². The molecule has 2 bridgehead atoms. The van der Waals surface area contributed by atoms with Crippen LogP contribution in [0.25, 0.3) is 0 Å². The average molecular weight is 267 g/mol. The molecule has 1 aromatic rings. The lowest BCUT2D eigenvalue weighted by Crippen LogP contribution is -2.47. The Labute approximate surface area is 123 Å². The molecule has 3 aliphatic rings. The van der Waals surface area contributed by atoms with Gasteiger partial charge in [0.1, 0.15) is 13.1 Å². The number of carbonyl (C=O) groups excluding carboxylic acids is 1. The zero-order valence-electron chi connectivity index (χ0n) is 12.7. The molecule has 0 aliphatic heterocycles. The van der Waals surface area contributed by atoms with E-state index in [1.807, 2.05) is 6.92 Å². The van der Waals surface area contributed by atoms with E-state index in [0.29, 0.717) is 17.6 Å². The molecule has 1 aromatic carbocycles. The van der Waals surface area contributed by atoms with Crippen molar-refractivity contribution >= 4 is 18.5 Å². The van der Waals surface area contributed by atoms with E-state index < -0.39 is 0 Å². The van der Waals surface area contributed by atoms with Crippen molar-refractivity contribution in [3.8, 4) is 0 Å². The Hall–Kier alpha value is -1.05. The van der Waals surface area contributed by atoms with Crippen LogP contribution in [0.1, 0.15) is 57.4 Å². The van der Waals surface area contributed by atoms with Gasteiger partial charge in [0.2, 0.25) is 0 Å². The first kappa shape index (κ1) is 13.9. The molecule has 0 unspecified atom stereocenters. The second kappa shape index (κ2) is 5.05.